The summed E-state index contributed by atoms with van der Waals surface area (Å²) in [6.07, 6.45) is 0.583. The third-order valence-electron chi connectivity index (χ3n) is 7.13. The first-order valence-corrected chi connectivity index (χ1v) is 13.2. The summed E-state index contributed by atoms with van der Waals surface area (Å²) in [4.78, 5) is 39.8. The molecule has 1 aromatic heterocycles. The number of aryl methyl sites for hydroxylation is 1. The summed E-state index contributed by atoms with van der Waals surface area (Å²) < 4.78 is 6.88. The van der Waals surface area contributed by atoms with Gasteiger partial charge in [-0.05, 0) is 34.9 Å². The number of hydrogen-bond donors (Lipinski definition) is 3. The van der Waals surface area contributed by atoms with Gasteiger partial charge in [0.2, 0.25) is 0 Å². The zero-order chi connectivity index (χ0) is 28.9. The minimum Gasteiger partial charge on any atom is -0.480 e. The molecule has 0 saturated heterocycles. The van der Waals surface area contributed by atoms with Gasteiger partial charge in [0.1, 0.15) is 18.3 Å². The van der Waals surface area contributed by atoms with Crippen molar-refractivity contribution in [1.82, 2.24) is 20.0 Å². The Morgan fingerprint density at radius 2 is 1.59 bits per heavy atom. The number of aliphatic carboxylic acids is 1. The van der Waals surface area contributed by atoms with E-state index in [0.29, 0.717) is 6.54 Å². The highest BCUT2D eigenvalue weighted by Gasteiger charge is 2.30. The first kappa shape index (κ1) is 27.6. The van der Waals surface area contributed by atoms with Crippen molar-refractivity contribution in [2.24, 2.45) is 7.05 Å². The van der Waals surface area contributed by atoms with E-state index in [1.165, 1.54) is 17.9 Å². The number of carboxylic acids is 1. The molecule has 0 bridgehead atoms. The van der Waals surface area contributed by atoms with Gasteiger partial charge in [-0.2, -0.15) is 5.10 Å². The normalized spacial score (nSPS) is 12.9. The molecule has 0 spiro atoms. The van der Waals surface area contributed by atoms with Crippen molar-refractivity contribution >= 4 is 23.7 Å². The standard InChI is InChI=1S/C31H31N5O5/c1-35(17-20-10-4-3-5-11-20)18-27(30(38)39)33-29(37)28-26(16-32-36(28)2)34-31(40)41-19-25-23-14-8-6-12-21(23)22-13-7-9-15-24(22)25/h3-16,25,27H,17-19H2,1-2H3,(H,33,37)(H,34,40)(H,38,39). The van der Waals surface area contributed by atoms with Crippen molar-refractivity contribution in [3.05, 3.63) is 107 Å². The van der Waals surface area contributed by atoms with E-state index in [2.05, 4.69) is 27.9 Å². The molecule has 10 heteroatoms. The number of carbonyl (C=O) groups is 3. The fourth-order valence-electron chi connectivity index (χ4n) is 5.23. The lowest BCUT2D eigenvalue weighted by atomic mass is 9.98. The number of carboxylic acid groups (broad SMARTS) is 1. The van der Waals surface area contributed by atoms with E-state index in [-0.39, 0.29) is 30.5 Å². The molecule has 0 fully saturated rings. The van der Waals surface area contributed by atoms with E-state index in [1.807, 2.05) is 71.6 Å². The van der Waals surface area contributed by atoms with Crippen molar-refractivity contribution in [2.45, 2.75) is 18.5 Å². The van der Waals surface area contributed by atoms with Crippen LogP contribution in [0.15, 0.2) is 85.1 Å². The Morgan fingerprint density at radius 3 is 2.22 bits per heavy atom. The van der Waals surface area contributed by atoms with Gasteiger partial charge in [-0.1, -0.05) is 78.9 Å². The zero-order valence-corrected chi connectivity index (χ0v) is 22.8. The molecule has 0 saturated carbocycles. The molecule has 1 aliphatic carbocycles. The number of hydrogen-bond acceptors (Lipinski definition) is 6. The van der Waals surface area contributed by atoms with E-state index in [1.54, 1.807) is 7.05 Å². The number of nitrogens with one attached hydrogen (secondary N) is 2. The minimum atomic E-state index is -1.19. The summed E-state index contributed by atoms with van der Waals surface area (Å²) in [7, 11) is 3.32. The topological polar surface area (TPSA) is 126 Å². The fourth-order valence-corrected chi connectivity index (χ4v) is 5.23. The third kappa shape index (κ3) is 6.12. The van der Waals surface area contributed by atoms with Crippen molar-refractivity contribution < 1.29 is 24.2 Å². The van der Waals surface area contributed by atoms with Crippen LogP contribution in [0, 0.1) is 0 Å². The van der Waals surface area contributed by atoms with Crippen LogP contribution >= 0.6 is 0 Å². The number of amides is 2. The number of aromatic nitrogens is 2. The minimum absolute atomic E-state index is 0.00969. The Kier molecular flexibility index (Phi) is 8.11. The lowest BCUT2D eigenvalue weighted by Gasteiger charge is -2.22. The molecule has 1 heterocycles. The average molecular weight is 554 g/mol. The van der Waals surface area contributed by atoms with Gasteiger partial charge in [0.05, 0.1) is 11.9 Å². The van der Waals surface area contributed by atoms with Crippen LogP contribution in [0.2, 0.25) is 0 Å². The summed E-state index contributed by atoms with van der Waals surface area (Å²) in [5, 5.41) is 19.0. The second-order valence-corrected chi connectivity index (χ2v) is 10.0. The molecule has 0 radical (unpaired) electrons. The Bertz CT molecular complexity index is 1520. The summed E-state index contributed by atoms with van der Waals surface area (Å²) in [6.45, 7) is 0.695. The van der Waals surface area contributed by atoms with Gasteiger partial charge in [0.25, 0.3) is 5.91 Å². The molecule has 3 N–H and O–H groups in total. The van der Waals surface area contributed by atoms with Crippen LogP contribution in [0.1, 0.15) is 33.1 Å². The van der Waals surface area contributed by atoms with Crippen LogP contribution in [0.5, 0.6) is 0 Å². The maximum Gasteiger partial charge on any atom is 0.411 e. The molecule has 4 aromatic rings. The quantitative estimate of drug-likeness (QED) is 0.270. The van der Waals surface area contributed by atoms with E-state index < -0.39 is 24.0 Å². The number of ether oxygens (including phenoxy) is 1. The average Bonchev–Trinajstić information content (AvgIpc) is 3.49. The van der Waals surface area contributed by atoms with Crippen molar-refractivity contribution in [2.75, 3.05) is 25.5 Å². The second kappa shape index (κ2) is 12.1. The number of carbonyl (C=O) groups excluding carboxylic acids is 2. The van der Waals surface area contributed by atoms with Crippen molar-refractivity contribution in [3.63, 3.8) is 0 Å². The Hall–Kier alpha value is -4.96. The SMILES string of the molecule is CN(Cc1ccccc1)CC(NC(=O)c1c(NC(=O)OCC2c3ccccc3-c3ccccc32)cnn1C)C(=O)O. The molecule has 41 heavy (non-hydrogen) atoms. The van der Waals surface area contributed by atoms with Crippen molar-refractivity contribution in [1.29, 1.82) is 0 Å². The van der Waals surface area contributed by atoms with Gasteiger partial charge in [-0.25, -0.2) is 9.59 Å². The number of anilines is 1. The predicted molar refractivity (Wildman–Crippen MR) is 154 cm³/mol. The lowest BCUT2D eigenvalue weighted by Crippen LogP contribution is -2.48. The monoisotopic (exact) mass is 553 g/mol. The third-order valence-corrected chi connectivity index (χ3v) is 7.13. The maximum atomic E-state index is 13.2. The van der Waals surface area contributed by atoms with Crippen LogP contribution in [-0.4, -0.2) is 64.0 Å². The predicted octanol–water partition coefficient (Wildman–Crippen LogP) is 4.10. The van der Waals surface area contributed by atoms with E-state index in [4.69, 9.17) is 4.74 Å². The largest absolute Gasteiger partial charge is 0.480 e. The van der Waals surface area contributed by atoms with Crippen LogP contribution in [0.4, 0.5) is 10.5 Å². The van der Waals surface area contributed by atoms with E-state index in [0.717, 1.165) is 27.8 Å². The van der Waals surface area contributed by atoms with Gasteiger partial charge in [-0.3, -0.25) is 19.7 Å². The highest BCUT2D eigenvalue weighted by molar-refractivity contribution is 6.02. The summed E-state index contributed by atoms with van der Waals surface area (Å²) in [5.41, 5.74) is 5.54. The first-order chi connectivity index (χ1) is 19.8. The van der Waals surface area contributed by atoms with Crippen LogP contribution in [0.25, 0.3) is 11.1 Å². The van der Waals surface area contributed by atoms with E-state index >= 15 is 0 Å². The van der Waals surface area contributed by atoms with Crippen LogP contribution in [-0.2, 0) is 23.1 Å². The number of benzene rings is 3. The Balaban J connectivity index is 1.22. The zero-order valence-electron chi connectivity index (χ0n) is 22.8. The fraction of sp³-hybridized carbons (Fsp3) is 0.226. The smallest absolute Gasteiger partial charge is 0.411 e. The second-order valence-electron chi connectivity index (χ2n) is 10.0. The molecule has 210 valence electrons. The summed E-state index contributed by atoms with van der Waals surface area (Å²) in [6, 6.07) is 24.5. The molecule has 0 aliphatic heterocycles. The maximum absolute atomic E-state index is 13.2. The number of fused-ring (bicyclic) bond motifs is 3. The van der Waals surface area contributed by atoms with Crippen molar-refractivity contribution in [3.8, 4) is 11.1 Å². The molecule has 5 rings (SSSR count). The van der Waals surface area contributed by atoms with Crippen LogP contribution < -0.4 is 10.6 Å². The number of likely N-dealkylation sites (N-methyl/N-ethyl adjacent to an activating group) is 1. The molecule has 1 atom stereocenters. The van der Waals surface area contributed by atoms with Gasteiger partial charge in [0.15, 0.2) is 0 Å². The van der Waals surface area contributed by atoms with Gasteiger partial charge in [-0.15, -0.1) is 0 Å². The van der Waals surface area contributed by atoms with Gasteiger partial charge in [0, 0.05) is 26.1 Å². The first-order valence-electron chi connectivity index (χ1n) is 13.2. The molecule has 10 nitrogen and oxygen atoms in total. The molecule has 1 aliphatic rings. The molecule has 3 aromatic carbocycles. The van der Waals surface area contributed by atoms with Crippen LogP contribution in [0.3, 0.4) is 0 Å². The summed E-state index contributed by atoms with van der Waals surface area (Å²) >= 11 is 0. The summed E-state index contributed by atoms with van der Waals surface area (Å²) in [5.74, 6) is -1.97. The molecule has 2 amide bonds. The van der Waals surface area contributed by atoms with Gasteiger partial charge < -0.3 is 15.2 Å². The highest BCUT2D eigenvalue weighted by atomic mass is 16.5. The highest BCUT2D eigenvalue weighted by Crippen LogP contribution is 2.44. The number of nitrogens with zero attached hydrogens (tertiary/aromatic N) is 3. The van der Waals surface area contributed by atoms with Gasteiger partial charge >= 0.3 is 12.1 Å². The molecular weight excluding hydrogens is 522 g/mol. The molecule has 1 unspecified atom stereocenters. The Labute approximate surface area is 237 Å². The molecular formula is C31H31N5O5. The lowest BCUT2D eigenvalue weighted by molar-refractivity contribution is -0.139. The Morgan fingerprint density at radius 1 is 0.976 bits per heavy atom. The van der Waals surface area contributed by atoms with E-state index in [9.17, 15) is 19.5 Å². The number of rotatable bonds is 10.